The van der Waals surface area contributed by atoms with Crippen LogP contribution >= 0.6 is 0 Å². The van der Waals surface area contributed by atoms with Crippen molar-refractivity contribution in [2.45, 2.75) is 0 Å². The van der Waals surface area contributed by atoms with Crippen molar-refractivity contribution in [2.75, 3.05) is 44.9 Å². The van der Waals surface area contributed by atoms with Gasteiger partial charge >= 0.3 is 6.09 Å². The summed E-state index contributed by atoms with van der Waals surface area (Å²) in [6, 6.07) is 18.3. The van der Waals surface area contributed by atoms with Gasteiger partial charge in [0.2, 0.25) is 0 Å². The molecule has 0 saturated heterocycles. The monoisotopic (exact) mass is 473 g/mol. The first kappa shape index (κ1) is 23.8. The normalized spacial score (nSPS) is 11.0. The fourth-order valence-corrected chi connectivity index (χ4v) is 3.86. The number of hydrogen-bond acceptors (Lipinski definition) is 6. The number of nitrogens with one attached hydrogen (secondary N) is 3. The lowest BCUT2D eigenvalue weighted by atomic mass is 10.0. The molecule has 0 saturated carbocycles. The van der Waals surface area contributed by atoms with E-state index in [2.05, 4.69) is 16.0 Å². The molecule has 3 aromatic carbocycles. The molecule has 0 bridgehead atoms. The van der Waals surface area contributed by atoms with E-state index in [4.69, 9.17) is 9.72 Å². The Morgan fingerprint density at radius 2 is 1.80 bits per heavy atom. The number of para-hydroxylation sites is 2. The SMILES string of the molecule is COc1ccc(Nc2c3ccccc3nc3c(C(=O)NCCN(C)C)cccc23)cc1NC(=O)O. The molecule has 1 aromatic heterocycles. The van der Waals surface area contributed by atoms with Crippen LogP contribution in [-0.4, -0.2) is 61.3 Å². The number of ether oxygens (including phenoxy) is 1. The summed E-state index contributed by atoms with van der Waals surface area (Å²) >= 11 is 0. The first-order chi connectivity index (χ1) is 16.9. The fraction of sp³-hybridized carbons (Fsp3) is 0.192. The lowest BCUT2D eigenvalue weighted by molar-refractivity contribution is 0.0952. The van der Waals surface area contributed by atoms with Crippen LogP contribution in [0.3, 0.4) is 0 Å². The number of nitrogens with zero attached hydrogens (tertiary/aromatic N) is 2. The molecule has 0 unspecified atom stereocenters. The van der Waals surface area contributed by atoms with Crippen molar-refractivity contribution in [3.05, 3.63) is 66.2 Å². The van der Waals surface area contributed by atoms with Crippen molar-refractivity contribution in [2.24, 2.45) is 0 Å². The standard InChI is InChI=1S/C26H27N5O4/c1-31(2)14-13-27-25(32)19-9-6-8-18-23(17-7-4-5-10-20(17)29-24(18)19)28-16-11-12-22(35-3)21(15-16)30-26(33)34/h4-12,15,30H,13-14H2,1-3H3,(H,27,32)(H,28,29)(H,33,34). The Hall–Kier alpha value is -4.37. The number of aromatic nitrogens is 1. The molecule has 1 heterocycles. The van der Waals surface area contributed by atoms with Crippen LogP contribution in [0.2, 0.25) is 0 Å². The van der Waals surface area contributed by atoms with E-state index in [1.54, 1.807) is 24.3 Å². The summed E-state index contributed by atoms with van der Waals surface area (Å²) in [7, 11) is 5.38. The summed E-state index contributed by atoms with van der Waals surface area (Å²) in [6.45, 7) is 1.25. The molecular formula is C26H27N5O4. The number of fused-ring (bicyclic) bond motifs is 2. The van der Waals surface area contributed by atoms with Gasteiger partial charge in [-0.3, -0.25) is 10.1 Å². The third kappa shape index (κ3) is 5.25. The number of amides is 2. The average Bonchev–Trinajstić information content (AvgIpc) is 2.83. The number of anilines is 3. The van der Waals surface area contributed by atoms with Crippen molar-refractivity contribution in [1.82, 2.24) is 15.2 Å². The van der Waals surface area contributed by atoms with Crippen molar-refractivity contribution < 1.29 is 19.4 Å². The number of benzene rings is 3. The van der Waals surface area contributed by atoms with Gasteiger partial charge < -0.3 is 25.4 Å². The molecular weight excluding hydrogens is 446 g/mol. The molecule has 4 N–H and O–H groups in total. The number of carboxylic acid groups (broad SMARTS) is 1. The second-order valence-corrected chi connectivity index (χ2v) is 8.24. The van der Waals surface area contributed by atoms with E-state index in [-0.39, 0.29) is 5.91 Å². The van der Waals surface area contributed by atoms with Crippen LogP contribution in [0.4, 0.5) is 21.9 Å². The average molecular weight is 474 g/mol. The number of hydrogen-bond donors (Lipinski definition) is 4. The number of likely N-dealkylation sites (N-methyl/N-ethyl adjacent to an activating group) is 1. The molecule has 9 heteroatoms. The predicted molar refractivity (Wildman–Crippen MR) is 138 cm³/mol. The highest BCUT2D eigenvalue weighted by atomic mass is 16.5. The van der Waals surface area contributed by atoms with Gasteiger partial charge in [-0.1, -0.05) is 30.3 Å². The van der Waals surface area contributed by atoms with Gasteiger partial charge in [0.05, 0.1) is 35.1 Å². The number of rotatable bonds is 8. The van der Waals surface area contributed by atoms with Crippen LogP contribution in [0.5, 0.6) is 5.75 Å². The highest BCUT2D eigenvalue weighted by Crippen LogP contribution is 2.36. The molecule has 0 radical (unpaired) electrons. The Labute approximate surface area is 202 Å². The predicted octanol–water partition coefficient (Wildman–Crippen LogP) is 4.52. The lowest BCUT2D eigenvalue weighted by Gasteiger charge is -2.17. The van der Waals surface area contributed by atoms with Crippen molar-refractivity contribution in [3.8, 4) is 5.75 Å². The Bertz CT molecular complexity index is 1400. The van der Waals surface area contributed by atoms with Crippen LogP contribution in [0.1, 0.15) is 10.4 Å². The van der Waals surface area contributed by atoms with E-state index in [0.29, 0.717) is 34.7 Å². The zero-order chi connectivity index (χ0) is 24.9. The summed E-state index contributed by atoms with van der Waals surface area (Å²) in [5, 5.41) is 19.6. The lowest BCUT2D eigenvalue weighted by Crippen LogP contribution is -2.31. The van der Waals surface area contributed by atoms with Gasteiger partial charge in [0.25, 0.3) is 5.91 Å². The maximum absolute atomic E-state index is 13.0. The van der Waals surface area contributed by atoms with E-state index < -0.39 is 6.09 Å². The van der Waals surface area contributed by atoms with Crippen LogP contribution in [-0.2, 0) is 0 Å². The Morgan fingerprint density at radius 1 is 1.03 bits per heavy atom. The topological polar surface area (TPSA) is 116 Å². The molecule has 0 aliphatic heterocycles. The molecule has 0 aliphatic rings. The maximum Gasteiger partial charge on any atom is 0.409 e. The van der Waals surface area contributed by atoms with E-state index in [1.165, 1.54) is 7.11 Å². The summed E-state index contributed by atoms with van der Waals surface area (Å²) in [5.41, 5.74) is 3.52. The Kier molecular flexibility index (Phi) is 6.98. The third-order valence-electron chi connectivity index (χ3n) is 5.51. The minimum absolute atomic E-state index is 0.191. The summed E-state index contributed by atoms with van der Waals surface area (Å²) < 4.78 is 5.27. The quantitative estimate of drug-likeness (QED) is 0.278. The molecule has 4 aromatic rings. The van der Waals surface area contributed by atoms with E-state index in [0.717, 1.165) is 28.5 Å². The summed E-state index contributed by atoms with van der Waals surface area (Å²) in [5.74, 6) is 0.211. The zero-order valence-corrected chi connectivity index (χ0v) is 19.8. The largest absolute Gasteiger partial charge is 0.495 e. The van der Waals surface area contributed by atoms with Gasteiger partial charge in [-0.2, -0.15) is 0 Å². The van der Waals surface area contributed by atoms with Crippen molar-refractivity contribution >= 4 is 50.9 Å². The second kappa shape index (κ2) is 10.3. The molecule has 0 fully saturated rings. The van der Waals surface area contributed by atoms with Crippen LogP contribution in [0.25, 0.3) is 21.8 Å². The molecule has 180 valence electrons. The molecule has 35 heavy (non-hydrogen) atoms. The number of pyridine rings is 1. The van der Waals surface area contributed by atoms with E-state index in [1.807, 2.05) is 55.4 Å². The number of carbonyl (C=O) groups is 2. The fourth-order valence-electron chi connectivity index (χ4n) is 3.86. The first-order valence-electron chi connectivity index (χ1n) is 11.1. The van der Waals surface area contributed by atoms with E-state index >= 15 is 0 Å². The van der Waals surface area contributed by atoms with Gasteiger partial charge in [0.1, 0.15) is 5.75 Å². The van der Waals surface area contributed by atoms with Crippen molar-refractivity contribution in [1.29, 1.82) is 0 Å². The summed E-state index contributed by atoms with van der Waals surface area (Å²) in [4.78, 5) is 31.0. The molecule has 4 rings (SSSR count). The minimum Gasteiger partial charge on any atom is -0.495 e. The molecule has 0 atom stereocenters. The Balaban J connectivity index is 1.81. The van der Waals surface area contributed by atoms with Crippen LogP contribution < -0.4 is 20.7 Å². The Morgan fingerprint density at radius 3 is 2.54 bits per heavy atom. The molecule has 0 spiro atoms. The van der Waals surface area contributed by atoms with Gasteiger partial charge in [-0.15, -0.1) is 0 Å². The first-order valence-corrected chi connectivity index (χ1v) is 11.1. The van der Waals surface area contributed by atoms with Crippen LogP contribution in [0, 0.1) is 0 Å². The minimum atomic E-state index is -1.19. The van der Waals surface area contributed by atoms with E-state index in [9.17, 15) is 14.7 Å². The molecule has 2 amide bonds. The molecule has 9 nitrogen and oxygen atoms in total. The van der Waals surface area contributed by atoms with Gasteiger partial charge in [0.15, 0.2) is 0 Å². The maximum atomic E-state index is 13.0. The third-order valence-corrected chi connectivity index (χ3v) is 5.51. The smallest absolute Gasteiger partial charge is 0.409 e. The number of carbonyl (C=O) groups excluding carboxylic acids is 1. The second-order valence-electron chi connectivity index (χ2n) is 8.24. The van der Waals surface area contributed by atoms with Gasteiger partial charge in [0, 0.05) is 29.5 Å². The number of methoxy groups -OCH3 is 1. The summed E-state index contributed by atoms with van der Waals surface area (Å²) in [6.07, 6.45) is -1.19. The van der Waals surface area contributed by atoms with Crippen molar-refractivity contribution in [3.63, 3.8) is 0 Å². The van der Waals surface area contributed by atoms with Gasteiger partial charge in [-0.05, 0) is 44.4 Å². The van der Waals surface area contributed by atoms with Crippen LogP contribution in [0.15, 0.2) is 60.7 Å². The highest BCUT2D eigenvalue weighted by Gasteiger charge is 2.17. The highest BCUT2D eigenvalue weighted by molar-refractivity contribution is 6.15. The van der Waals surface area contributed by atoms with Gasteiger partial charge in [-0.25, -0.2) is 9.78 Å². The zero-order valence-electron chi connectivity index (χ0n) is 19.8. The molecule has 0 aliphatic carbocycles.